The highest BCUT2D eigenvalue weighted by atomic mass is 16.5. The van der Waals surface area contributed by atoms with Gasteiger partial charge in [0, 0.05) is 6.92 Å². The van der Waals surface area contributed by atoms with Crippen molar-refractivity contribution in [1.82, 2.24) is 0 Å². The fourth-order valence-electron chi connectivity index (χ4n) is 3.23. The van der Waals surface area contributed by atoms with Gasteiger partial charge >= 0.3 is 5.97 Å². The molecule has 0 heterocycles. The molecule has 0 N–H and O–H groups in total. The van der Waals surface area contributed by atoms with Gasteiger partial charge in [-0.1, -0.05) is 20.8 Å². The summed E-state index contributed by atoms with van der Waals surface area (Å²) in [7, 11) is 0. The molecule has 0 aromatic rings. The molecule has 14 heavy (non-hydrogen) atoms. The number of carbonyl (C=O) groups is 1. The molecule has 3 aliphatic carbocycles. The first-order valence-electron chi connectivity index (χ1n) is 5.27. The quantitative estimate of drug-likeness (QED) is 0.474. The zero-order valence-corrected chi connectivity index (χ0v) is 9.39. The summed E-state index contributed by atoms with van der Waals surface area (Å²) in [6, 6.07) is 0. The summed E-state index contributed by atoms with van der Waals surface area (Å²) >= 11 is 0. The van der Waals surface area contributed by atoms with Crippen molar-refractivity contribution in [2.24, 2.45) is 16.7 Å². The minimum Gasteiger partial charge on any atom is -0.435 e. The molecule has 0 amide bonds. The third-order valence-electron chi connectivity index (χ3n) is 4.59. The highest BCUT2D eigenvalue weighted by Crippen LogP contribution is 2.73. The maximum atomic E-state index is 10.7. The number of allylic oxidation sites excluding steroid dienone is 1. The van der Waals surface area contributed by atoms with E-state index in [4.69, 9.17) is 4.74 Å². The van der Waals surface area contributed by atoms with Crippen molar-refractivity contribution in [3.8, 4) is 0 Å². The molecule has 0 aromatic heterocycles. The first-order chi connectivity index (χ1) is 6.39. The molecule has 2 atom stereocenters. The van der Waals surface area contributed by atoms with E-state index in [1.165, 1.54) is 25.3 Å². The third-order valence-corrected chi connectivity index (χ3v) is 4.59. The van der Waals surface area contributed by atoms with E-state index in [0.717, 1.165) is 0 Å². The van der Waals surface area contributed by atoms with Crippen LogP contribution in [0, 0.1) is 16.7 Å². The monoisotopic (exact) mass is 194 g/mol. The first kappa shape index (κ1) is 9.75. The second kappa shape index (κ2) is 2.62. The van der Waals surface area contributed by atoms with Crippen LogP contribution in [0.5, 0.6) is 0 Å². The summed E-state index contributed by atoms with van der Waals surface area (Å²) in [5, 5.41) is 0. The van der Waals surface area contributed by atoms with Crippen molar-refractivity contribution in [2.45, 2.75) is 40.5 Å². The van der Waals surface area contributed by atoms with E-state index in [-0.39, 0.29) is 11.4 Å². The van der Waals surface area contributed by atoms with Gasteiger partial charge in [-0.2, -0.15) is 0 Å². The van der Waals surface area contributed by atoms with Crippen LogP contribution in [0.4, 0.5) is 0 Å². The lowest BCUT2D eigenvalue weighted by Crippen LogP contribution is -2.48. The van der Waals surface area contributed by atoms with Gasteiger partial charge < -0.3 is 4.74 Å². The van der Waals surface area contributed by atoms with Gasteiger partial charge in [0.05, 0.1) is 6.26 Å². The first-order valence-corrected chi connectivity index (χ1v) is 5.27. The van der Waals surface area contributed by atoms with Gasteiger partial charge in [-0.3, -0.25) is 4.79 Å². The number of esters is 1. The molecule has 0 aliphatic heterocycles. The van der Waals surface area contributed by atoms with E-state index in [0.29, 0.717) is 11.3 Å². The second-order valence-corrected chi connectivity index (χ2v) is 5.33. The number of fused-ring (bicyclic) bond motifs is 1. The molecule has 0 saturated heterocycles. The molecule has 78 valence electrons. The van der Waals surface area contributed by atoms with E-state index in [2.05, 4.69) is 20.8 Å². The maximum Gasteiger partial charge on any atom is 0.307 e. The molecular formula is C12H18O2. The standard InChI is InChI=1S/C12H18O2/c1-8(13)14-7-10-9-5-6-12(10,4)11(9,2)3/h7,9H,5-6H2,1-4H3. The van der Waals surface area contributed by atoms with E-state index < -0.39 is 0 Å². The minimum absolute atomic E-state index is 0.217. The van der Waals surface area contributed by atoms with Crippen LogP contribution in [-0.4, -0.2) is 5.97 Å². The van der Waals surface area contributed by atoms with Crippen molar-refractivity contribution in [2.75, 3.05) is 0 Å². The average molecular weight is 194 g/mol. The summed E-state index contributed by atoms with van der Waals surface area (Å²) in [6.07, 6.45) is 4.18. The van der Waals surface area contributed by atoms with Crippen LogP contribution >= 0.6 is 0 Å². The van der Waals surface area contributed by atoms with Gasteiger partial charge in [0.2, 0.25) is 0 Å². The molecule has 0 aromatic carbocycles. The molecule has 2 unspecified atom stereocenters. The lowest BCUT2D eigenvalue weighted by atomic mass is 9.49. The van der Waals surface area contributed by atoms with Gasteiger partial charge in [0.15, 0.2) is 0 Å². The number of ether oxygens (including phenoxy) is 1. The highest BCUT2D eigenvalue weighted by Gasteiger charge is 2.65. The fourth-order valence-corrected chi connectivity index (χ4v) is 3.23. The summed E-state index contributed by atoms with van der Waals surface area (Å²) in [6.45, 7) is 8.36. The van der Waals surface area contributed by atoms with Gasteiger partial charge in [-0.05, 0) is 35.2 Å². The zero-order valence-electron chi connectivity index (χ0n) is 9.39. The van der Waals surface area contributed by atoms with Crippen LogP contribution in [0.15, 0.2) is 11.8 Å². The van der Waals surface area contributed by atoms with E-state index >= 15 is 0 Å². The van der Waals surface area contributed by atoms with Crippen LogP contribution in [0.25, 0.3) is 0 Å². The number of rotatable bonds is 1. The van der Waals surface area contributed by atoms with Crippen molar-refractivity contribution >= 4 is 5.97 Å². The van der Waals surface area contributed by atoms with Gasteiger partial charge in [-0.15, -0.1) is 0 Å². The van der Waals surface area contributed by atoms with E-state index in [9.17, 15) is 4.79 Å². The zero-order chi connectivity index (χ0) is 10.6. The summed E-state index contributed by atoms with van der Waals surface area (Å²) in [4.78, 5) is 10.7. The Morgan fingerprint density at radius 2 is 2.14 bits per heavy atom. The molecule has 0 spiro atoms. The number of hydrogen-bond acceptors (Lipinski definition) is 2. The third kappa shape index (κ3) is 0.943. The predicted molar refractivity (Wildman–Crippen MR) is 54.5 cm³/mol. The Morgan fingerprint density at radius 1 is 1.50 bits per heavy atom. The topological polar surface area (TPSA) is 26.3 Å². The van der Waals surface area contributed by atoms with Crippen LogP contribution in [0.2, 0.25) is 0 Å². The Bertz CT molecular complexity index is 314. The Balaban J connectivity index is 2.20. The van der Waals surface area contributed by atoms with Gasteiger partial charge in [-0.25, -0.2) is 0 Å². The largest absolute Gasteiger partial charge is 0.435 e. The number of hydrogen-bond donors (Lipinski definition) is 0. The lowest BCUT2D eigenvalue weighted by Gasteiger charge is -2.55. The highest BCUT2D eigenvalue weighted by molar-refractivity contribution is 5.66. The molecule has 3 aliphatic rings. The van der Waals surface area contributed by atoms with Crippen LogP contribution in [0.3, 0.4) is 0 Å². The summed E-state index contributed by atoms with van der Waals surface area (Å²) < 4.78 is 4.98. The smallest absolute Gasteiger partial charge is 0.307 e. The summed E-state index contributed by atoms with van der Waals surface area (Å²) in [5.41, 5.74) is 2.00. The van der Waals surface area contributed by atoms with Crippen LogP contribution < -0.4 is 0 Å². The Hall–Kier alpha value is -0.790. The van der Waals surface area contributed by atoms with E-state index in [1.807, 2.05) is 0 Å². The van der Waals surface area contributed by atoms with Gasteiger partial charge in [0.25, 0.3) is 0 Å². The fraction of sp³-hybridized carbons (Fsp3) is 0.750. The lowest BCUT2D eigenvalue weighted by molar-refractivity contribution is -0.135. The summed E-state index contributed by atoms with van der Waals surface area (Å²) in [5.74, 6) is 0.414. The predicted octanol–water partition coefficient (Wildman–Crippen LogP) is 2.89. The van der Waals surface area contributed by atoms with Crippen molar-refractivity contribution in [3.63, 3.8) is 0 Å². The van der Waals surface area contributed by atoms with Gasteiger partial charge in [0.1, 0.15) is 0 Å². The van der Waals surface area contributed by atoms with Crippen molar-refractivity contribution in [1.29, 1.82) is 0 Å². The average Bonchev–Trinajstić information content (AvgIpc) is 2.52. The molecule has 2 nitrogen and oxygen atoms in total. The SMILES string of the molecule is CC(=O)OC=C1C2CCC1(C)C2(C)C. The van der Waals surface area contributed by atoms with E-state index in [1.54, 1.807) is 6.26 Å². The molecule has 3 fully saturated rings. The molecule has 0 radical (unpaired) electrons. The Morgan fingerprint density at radius 3 is 2.50 bits per heavy atom. The maximum absolute atomic E-state index is 10.7. The normalized spacial score (nSPS) is 40.9. The number of carbonyl (C=O) groups excluding carboxylic acids is 1. The molecular weight excluding hydrogens is 176 g/mol. The minimum atomic E-state index is -0.217. The molecule has 2 bridgehead atoms. The molecule has 2 heteroatoms. The van der Waals surface area contributed by atoms with Crippen molar-refractivity contribution in [3.05, 3.63) is 11.8 Å². The molecule has 3 rings (SSSR count). The van der Waals surface area contributed by atoms with Crippen LogP contribution in [-0.2, 0) is 9.53 Å². The Labute approximate surface area is 85.3 Å². The van der Waals surface area contributed by atoms with Crippen molar-refractivity contribution < 1.29 is 9.53 Å². The second-order valence-electron chi connectivity index (χ2n) is 5.33. The van der Waals surface area contributed by atoms with Crippen LogP contribution in [0.1, 0.15) is 40.5 Å². The molecule has 3 saturated carbocycles. The Kier molecular flexibility index (Phi) is 1.82.